The van der Waals surface area contributed by atoms with E-state index in [1.54, 1.807) is 16.4 Å². The largest absolute Gasteiger partial charge is 0.360 e. The smallest absolute Gasteiger partial charge is 0.243 e. The van der Waals surface area contributed by atoms with Crippen LogP contribution in [0, 0.1) is 0 Å². The first-order valence-electron chi connectivity index (χ1n) is 8.37. The van der Waals surface area contributed by atoms with Crippen molar-refractivity contribution >= 4 is 36.9 Å². The average Bonchev–Trinajstić information content (AvgIpc) is 3.12. The summed E-state index contributed by atoms with van der Waals surface area (Å²) < 4.78 is 28.5. The van der Waals surface area contributed by atoms with E-state index in [2.05, 4.69) is 33.0 Å². The van der Waals surface area contributed by atoms with Crippen LogP contribution in [0.4, 0.5) is 0 Å². The first kappa shape index (κ1) is 16.8. The lowest BCUT2D eigenvalue weighted by Crippen LogP contribution is -2.37. The van der Waals surface area contributed by atoms with Gasteiger partial charge in [-0.05, 0) is 58.5 Å². The van der Waals surface area contributed by atoms with Gasteiger partial charge in [-0.2, -0.15) is 4.31 Å². The first-order chi connectivity index (χ1) is 12.1. The van der Waals surface area contributed by atoms with Gasteiger partial charge in [0.2, 0.25) is 10.0 Å². The van der Waals surface area contributed by atoms with Gasteiger partial charge < -0.3 is 4.98 Å². The first-order valence-corrected chi connectivity index (χ1v) is 10.6. The van der Waals surface area contributed by atoms with Gasteiger partial charge in [0, 0.05) is 29.1 Å². The highest BCUT2D eigenvalue weighted by atomic mass is 79.9. The topological polar surface area (TPSA) is 53.2 Å². The Morgan fingerprint density at radius 2 is 1.76 bits per heavy atom. The number of aromatic nitrogens is 1. The number of sulfonamides is 1. The van der Waals surface area contributed by atoms with Gasteiger partial charge in [0.1, 0.15) is 0 Å². The minimum Gasteiger partial charge on any atom is -0.360 e. The second-order valence-electron chi connectivity index (χ2n) is 6.44. The van der Waals surface area contributed by atoms with Gasteiger partial charge >= 0.3 is 0 Å². The number of fused-ring (bicyclic) bond motifs is 1. The van der Waals surface area contributed by atoms with E-state index in [1.165, 1.54) is 5.56 Å². The fourth-order valence-corrected chi connectivity index (χ4v) is 5.83. The van der Waals surface area contributed by atoms with E-state index < -0.39 is 10.0 Å². The van der Waals surface area contributed by atoms with Crippen molar-refractivity contribution in [3.05, 3.63) is 64.8 Å². The second-order valence-corrected chi connectivity index (χ2v) is 9.23. The lowest BCUT2D eigenvalue weighted by molar-refractivity contribution is 0.319. The van der Waals surface area contributed by atoms with Gasteiger partial charge in [0.25, 0.3) is 0 Å². The Labute approximate surface area is 156 Å². The van der Waals surface area contributed by atoms with Gasteiger partial charge in [0.05, 0.1) is 10.4 Å². The molecule has 130 valence electrons. The minimum absolute atomic E-state index is 0.352. The van der Waals surface area contributed by atoms with Crippen molar-refractivity contribution in [2.75, 3.05) is 13.1 Å². The molecular weight excluding hydrogens is 400 g/mol. The molecule has 0 aliphatic carbocycles. The molecule has 0 amide bonds. The van der Waals surface area contributed by atoms with Crippen molar-refractivity contribution in [2.45, 2.75) is 23.7 Å². The van der Waals surface area contributed by atoms with Crippen molar-refractivity contribution in [1.82, 2.24) is 9.29 Å². The highest BCUT2D eigenvalue weighted by Gasteiger charge is 2.30. The molecule has 2 aromatic carbocycles. The van der Waals surface area contributed by atoms with Crippen LogP contribution in [-0.4, -0.2) is 30.8 Å². The Balaban J connectivity index is 1.57. The van der Waals surface area contributed by atoms with Gasteiger partial charge in [-0.25, -0.2) is 8.42 Å². The molecule has 0 spiro atoms. The number of hydrogen-bond donors (Lipinski definition) is 1. The van der Waals surface area contributed by atoms with E-state index in [0.717, 1.165) is 28.2 Å². The average molecular weight is 419 g/mol. The number of H-pyrrole nitrogens is 1. The molecule has 0 saturated carbocycles. The van der Waals surface area contributed by atoms with Crippen molar-refractivity contribution < 1.29 is 8.42 Å². The molecule has 1 aliphatic rings. The summed E-state index contributed by atoms with van der Waals surface area (Å²) in [5.41, 5.74) is 2.22. The van der Waals surface area contributed by atoms with Gasteiger partial charge in [-0.1, -0.05) is 30.3 Å². The SMILES string of the molecule is O=S(=O)(c1cc(Br)c2[nH]ccc2c1)N1CCC(c2ccccc2)CC1. The zero-order valence-electron chi connectivity index (χ0n) is 13.7. The summed E-state index contributed by atoms with van der Waals surface area (Å²) in [5.74, 6) is 0.437. The maximum atomic E-state index is 13.0. The van der Waals surface area contributed by atoms with Crippen LogP contribution in [0.3, 0.4) is 0 Å². The summed E-state index contributed by atoms with van der Waals surface area (Å²) in [5, 5.41) is 0.895. The normalized spacial score (nSPS) is 17.2. The molecule has 4 nitrogen and oxygen atoms in total. The number of hydrogen-bond acceptors (Lipinski definition) is 2. The van der Waals surface area contributed by atoms with Crippen LogP contribution in [0.25, 0.3) is 10.9 Å². The molecular formula is C19H19BrN2O2S. The highest BCUT2D eigenvalue weighted by Crippen LogP contribution is 2.33. The van der Waals surface area contributed by atoms with Crippen molar-refractivity contribution in [3.8, 4) is 0 Å². The van der Waals surface area contributed by atoms with Gasteiger partial charge in [-0.15, -0.1) is 0 Å². The third-order valence-electron chi connectivity index (χ3n) is 4.95. The summed E-state index contributed by atoms with van der Waals surface area (Å²) in [6, 6.07) is 15.7. The van der Waals surface area contributed by atoms with E-state index in [9.17, 15) is 8.42 Å². The molecule has 0 unspecified atom stereocenters. The summed E-state index contributed by atoms with van der Waals surface area (Å²) in [6.45, 7) is 1.12. The van der Waals surface area contributed by atoms with Crippen LogP contribution in [-0.2, 0) is 10.0 Å². The van der Waals surface area contributed by atoms with E-state index in [0.29, 0.717) is 23.9 Å². The Kier molecular flexibility index (Phi) is 4.43. The summed E-state index contributed by atoms with van der Waals surface area (Å²) in [4.78, 5) is 3.47. The summed E-state index contributed by atoms with van der Waals surface area (Å²) in [7, 11) is -3.47. The summed E-state index contributed by atoms with van der Waals surface area (Å²) in [6.07, 6.45) is 3.53. The van der Waals surface area contributed by atoms with Crippen molar-refractivity contribution in [2.24, 2.45) is 0 Å². The minimum atomic E-state index is -3.47. The lowest BCUT2D eigenvalue weighted by Gasteiger charge is -2.31. The molecule has 1 fully saturated rings. The number of piperidine rings is 1. The standard InChI is InChI=1S/C19H19BrN2O2S/c20-18-13-17(12-16-6-9-21-19(16)18)25(23,24)22-10-7-15(8-11-22)14-4-2-1-3-5-14/h1-6,9,12-13,15,21H,7-8,10-11H2. The molecule has 6 heteroatoms. The maximum Gasteiger partial charge on any atom is 0.243 e. The third-order valence-corrected chi connectivity index (χ3v) is 7.45. The van der Waals surface area contributed by atoms with Gasteiger partial charge in [-0.3, -0.25) is 0 Å². The molecule has 0 bridgehead atoms. The van der Waals surface area contributed by atoms with E-state index in [4.69, 9.17) is 0 Å². The van der Waals surface area contributed by atoms with E-state index in [-0.39, 0.29) is 0 Å². The lowest BCUT2D eigenvalue weighted by atomic mass is 9.90. The third kappa shape index (κ3) is 3.14. The van der Waals surface area contributed by atoms with Crippen molar-refractivity contribution in [3.63, 3.8) is 0 Å². The van der Waals surface area contributed by atoms with Crippen LogP contribution in [0.5, 0.6) is 0 Å². The quantitative estimate of drug-likeness (QED) is 0.680. The molecule has 0 atom stereocenters. The Hall–Kier alpha value is -1.63. The molecule has 1 saturated heterocycles. The van der Waals surface area contributed by atoms with E-state index >= 15 is 0 Å². The van der Waals surface area contributed by atoms with Crippen LogP contribution in [0.2, 0.25) is 0 Å². The number of nitrogens with zero attached hydrogens (tertiary/aromatic N) is 1. The zero-order valence-corrected chi connectivity index (χ0v) is 16.1. The molecule has 0 radical (unpaired) electrons. The van der Waals surface area contributed by atoms with Crippen LogP contribution in [0.15, 0.2) is 64.1 Å². The number of benzene rings is 2. The fraction of sp³-hybridized carbons (Fsp3) is 0.263. The molecule has 25 heavy (non-hydrogen) atoms. The Morgan fingerprint density at radius 3 is 2.48 bits per heavy atom. The Morgan fingerprint density at radius 1 is 1.04 bits per heavy atom. The van der Waals surface area contributed by atoms with Crippen molar-refractivity contribution in [1.29, 1.82) is 0 Å². The van der Waals surface area contributed by atoms with E-state index in [1.807, 2.05) is 30.5 Å². The maximum absolute atomic E-state index is 13.0. The zero-order chi connectivity index (χ0) is 17.4. The second kappa shape index (κ2) is 6.59. The molecule has 3 aromatic rings. The molecule has 1 aromatic heterocycles. The number of aromatic amines is 1. The van der Waals surface area contributed by atoms with Gasteiger partial charge in [0.15, 0.2) is 0 Å². The van der Waals surface area contributed by atoms with Crippen LogP contribution < -0.4 is 0 Å². The number of halogens is 1. The predicted molar refractivity (Wildman–Crippen MR) is 103 cm³/mol. The summed E-state index contributed by atoms with van der Waals surface area (Å²) >= 11 is 3.47. The predicted octanol–water partition coefficient (Wildman–Crippen LogP) is 4.50. The fourth-order valence-electron chi connectivity index (χ4n) is 3.55. The molecule has 4 rings (SSSR count). The molecule has 1 N–H and O–H groups in total. The number of nitrogens with one attached hydrogen (secondary N) is 1. The van der Waals surface area contributed by atoms with Crippen LogP contribution in [0.1, 0.15) is 24.3 Å². The van der Waals surface area contributed by atoms with Crippen LogP contribution >= 0.6 is 15.9 Å². The molecule has 1 aliphatic heterocycles. The monoisotopic (exact) mass is 418 g/mol. The highest BCUT2D eigenvalue weighted by molar-refractivity contribution is 9.10. The molecule has 2 heterocycles. The Bertz CT molecular complexity index is 991. The number of rotatable bonds is 3.